The molecule has 1 aromatic rings. The maximum Gasteiger partial charge on any atom is 0.353 e. The lowest BCUT2D eigenvalue weighted by atomic mass is 10.1. The van der Waals surface area contributed by atoms with E-state index in [1.54, 1.807) is 0 Å². The second-order valence-corrected chi connectivity index (χ2v) is 9.65. The van der Waals surface area contributed by atoms with Gasteiger partial charge in [0, 0.05) is 25.9 Å². The van der Waals surface area contributed by atoms with Crippen molar-refractivity contribution in [1.82, 2.24) is 14.8 Å². The first-order chi connectivity index (χ1) is 20.8. The molecule has 44 heavy (non-hydrogen) atoms. The van der Waals surface area contributed by atoms with Crippen molar-refractivity contribution in [2.45, 2.75) is 69.1 Å². The molecule has 0 saturated carbocycles. The van der Waals surface area contributed by atoms with Gasteiger partial charge >= 0.3 is 35.8 Å². The van der Waals surface area contributed by atoms with Crippen LogP contribution in [-0.2, 0) is 49.5 Å². The van der Waals surface area contributed by atoms with Crippen LogP contribution in [-0.4, -0.2) is 100 Å². The zero-order valence-electron chi connectivity index (χ0n) is 23.9. The first kappa shape index (κ1) is 35.7. The smallest absolute Gasteiger partial charge is 0.353 e. The number of nitrogens with two attached hydrogens (primary N) is 6. The Morgan fingerprint density at radius 1 is 0.932 bits per heavy atom. The molecule has 1 aliphatic rings. The van der Waals surface area contributed by atoms with Gasteiger partial charge in [-0.15, -0.1) is 5.06 Å². The van der Waals surface area contributed by atoms with Crippen LogP contribution in [0.1, 0.15) is 44.2 Å². The van der Waals surface area contributed by atoms with Crippen LogP contribution in [0.2, 0.25) is 0 Å². The van der Waals surface area contributed by atoms with E-state index in [1.165, 1.54) is 11.3 Å². The number of carbonyl (C=O) groups excluding carboxylic acids is 6. The molecule has 20 nitrogen and oxygen atoms in total. The number of esters is 4. The van der Waals surface area contributed by atoms with E-state index < -0.39 is 72.9 Å². The molecule has 1 saturated heterocycles. The molecule has 244 valence electrons. The van der Waals surface area contributed by atoms with Crippen molar-refractivity contribution in [3.05, 3.63) is 18.2 Å². The molecule has 1 aromatic heterocycles. The van der Waals surface area contributed by atoms with E-state index in [9.17, 15) is 28.8 Å². The molecular weight excluding hydrogens is 588 g/mol. The second-order valence-electron chi connectivity index (χ2n) is 9.65. The van der Waals surface area contributed by atoms with E-state index in [4.69, 9.17) is 44.1 Å². The molecule has 12 N–H and O–H groups in total. The van der Waals surface area contributed by atoms with Crippen molar-refractivity contribution < 1.29 is 47.9 Å². The third-order valence-electron chi connectivity index (χ3n) is 6.05. The number of hydroxylamine groups is 2. The summed E-state index contributed by atoms with van der Waals surface area (Å²) in [6.07, 6.45) is 3.20. The van der Waals surface area contributed by atoms with Crippen LogP contribution in [0.25, 0.3) is 0 Å². The molecule has 0 bridgehead atoms. The molecule has 1 aliphatic heterocycles. The van der Waals surface area contributed by atoms with Gasteiger partial charge in [-0.2, -0.15) is 4.73 Å². The van der Waals surface area contributed by atoms with Gasteiger partial charge in [-0.3, -0.25) is 14.6 Å². The van der Waals surface area contributed by atoms with Gasteiger partial charge in [0.2, 0.25) is 0 Å². The van der Waals surface area contributed by atoms with Crippen LogP contribution in [0.3, 0.4) is 0 Å². The highest BCUT2D eigenvalue weighted by molar-refractivity contribution is 5.91. The van der Waals surface area contributed by atoms with Gasteiger partial charge in [0.15, 0.2) is 5.96 Å². The number of hydrogen-bond acceptors (Lipinski definition) is 17. The summed E-state index contributed by atoms with van der Waals surface area (Å²) in [5.74, 6) is -5.67. The number of ether oxygens (including phenoxy) is 2. The second kappa shape index (κ2) is 17.6. The number of rotatable bonds is 16. The lowest BCUT2D eigenvalue weighted by Crippen LogP contribution is -2.45. The summed E-state index contributed by atoms with van der Waals surface area (Å²) in [4.78, 5) is 90.4. The first-order valence-electron chi connectivity index (χ1n) is 13.5. The Kier molecular flexibility index (Phi) is 14.3. The molecule has 0 amide bonds. The Labute approximate surface area is 251 Å². The molecule has 0 aromatic carbocycles. The van der Waals surface area contributed by atoms with Crippen LogP contribution < -0.4 is 39.2 Å². The average molecular weight is 627 g/mol. The summed E-state index contributed by atoms with van der Waals surface area (Å²) in [5, 5.41) is 1.20. The fourth-order valence-electron chi connectivity index (χ4n) is 3.74. The summed E-state index contributed by atoms with van der Waals surface area (Å²) in [6, 6.07) is -4.55. The molecule has 4 atom stereocenters. The highest BCUT2D eigenvalue weighted by Crippen LogP contribution is 2.19. The predicted molar refractivity (Wildman–Crippen MR) is 148 cm³/mol. The molecule has 2 rings (SSSR count). The van der Waals surface area contributed by atoms with Crippen LogP contribution in [0.15, 0.2) is 17.5 Å². The van der Waals surface area contributed by atoms with Crippen molar-refractivity contribution in [3.8, 4) is 0 Å². The van der Waals surface area contributed by atoms with Gasteiger partial charge in [-0.25, -0.2) is 24.2 Å². The third-order valence-corrected chi connectivity index (χ3v) is 6.05. The quantitative estimate of drug-likeness (QED) is 0.0329. The fraction of sp³-hybridized carbons (Fsp3) is 0.583. The van der Waals surface area contributed by atoms with Crippen molar-refractivity contribution in [2.75, 3.05) is 19.6 Å². The first-order valence-corrected chi connectivity index (χ1v) is 13.5. The lowest BCUT2D eigenvalue weighted by Gasteiger charge is -2.23. The minimum absolute atomic E-state index is 0.0678. The number of nitrogens with zero attached hydrogens (tertiary/aromatic N) is 4. The molecule has 20 heteroatoms. The van der Waals surface area contributed by atoms with Gasteiger partial charge in [0.25, 0.3) is 0 Å². The molecule has 2 heterocycles. The van der Waals surface area contributed by atoms with Crippen molar-refractivity contribution >= 4 is 41.8 Å². The Bertz CT molecular complexity index is 1220. The van der Waals surface area contributed by atoms with Gasteiger partial charge in [-0.1, -0.05) is 0 Å². The monoisotopic (exact) mass is 626 g/mol. The Morgan fingerprint density at radius 2 is 1.61 bits per heavy atom. The summed E-state index contributed by atoms with van der Waals surface area (Å²) in [6.45, 7) is 0.0936. The van der Waals surface area contributed by atoms with E-state index in [1.807, 2.05) is 0 Å². The van der Waals surface area contributed by atoms with Crippen LogP contribution in [0, 0.1) is 0 Å². The SMILES string of the molecule is NCC(=O)OC(=O)CC[C@H](N)C(=O)OC(=O)[C@@H](N)Cc1cn(OC(=O)[C@@H]2CCCN2OC(=O)[C@@H](N)CCCN=C(N)N)cn1. The van der Waals surface area contributed by atoms with Crippen molar-refractivity contribution in [3.63, 3.8) is 0 Å². The summed E-state index contributed by atoms with van der Waals surface area (Å²) >= 11 is 0. The van der Waals surface area contributed by atoms with Crippen LogP contribution in [0.4, 0.5) is 0 Å². The summed E-state index contributed by atoms with van der Waals surface area (Å²) in [7, 11) is 0. The van der Waals surface area contributed by atoms with Gasteiger partial charge in [-0.05, 0) is 32.1 Å². The third kappa shape index (κ3) is 12.0. The van der Waals surface area contributed by atoms with Crippen LogP contribution >= 0.6 is 0 Å². The average Bonchev–Trinajstić information content (AvgIpc) is 3.62. The maximum absolute atomic E-state index is 12.8. The molecular formula is C24H38N10O10. The zero-order chi connectivity index (χ0) is 32.8. The fourth-order valence-corrected chi connectivity index (χ4v) is 3.74. The number of carbonyl (C=O) groups is 6. The van der Waals surface area contributed by atoms with Gasteiger partial charge in [0.1, 0.15) is 30.5 Å². The van der Waals surface area contributed by atoms with Crippen molar-refractivity contribution in [1.29, 1.82) is 0 Å². The molecule has 0 aliphatic carbocycles. The molecule has 0 unspecified atom stereocenters. The minimum atomic E-state index is -1.37. The maximum atomic E-state index is 12.8. The Hall–Kier alpha value is -4.50. The van der Waals surface area contributed by atoms with E-state index >= 15 is 0 Å². The number of hydrogen-bond donors (Lipinski definition) is 6. The topological polar surface area (TPSA) is 329 Å². The molecule has 0 radical (unpaired) electrons. The number of imidazole rings is 1. The summed E-state index contributed by atoms with van der Waals surface area (Å²) < 4.78 is 9.99. The lowest BCUT2D eigenvalue weighted by molar-refractivity contribution is -0.202. The van der Waals surface area contributed by atoms with E-state index in [-0.39, 0.29) is 30.9 Å². The largest absolute Gasteiger partial charge is 0.392 e. The normalized spacial score (nSPS) is 16.7. The Balaban J connectivity index is 1.80. The van der Waals surface area contributed by atoms with E-state index in [2.05, 4.69) is 19.5 Å². The Morgan fingerprint density at radius 3 is 2.30 bits per heavy atom. The number of guanidine groups is 1. The van der Waals surface area contributed by atoms with E-state index in [0.29, 0.717) is 32.4 Å². The molecule has 1 fully saturated rings. The molecule has 0 spiro atoms. The predicted octanol–water partition coefficient (Wildman–Crippen LogP) is -4.78. The van der Waals surface area contributed by atoms with Crippen LogP contribution in [0.5, 0.6) is 0 Å². The standard InChI is InChI=1S/C24H38N10O10/c25-10-19(36)41-18(35)6-5-15(27)20(37)42-21(38)16(28)9-13-11-33(12-32-13)43-23(40)17-4-2-8-34(17)44-22(39)14(26)3-1-7-31-24(29)30/h11-12,14-17H,1-10,25-28H2,(H4,29,30,31)/t14-,15-,16-,17-/m0/s1. The number of aliphatic imine (C=N–C) groups is 1. The van der Waals surface area contributed by atoms with Gasteiger partial charge in [0.05, 0.1) is 18.4 Å². The highest BCUT2D eigenvalue weighted by Gasteiger charge is 2.36. The van der Waals surface area contributed by atoms with E-state index in [0.717, 1.165) is 11.1 Å². The van der Waals surface area contributed by atoms with Gasteiger partial charge < -0.3 is 53.6 Å². The van der Waals surface area contributed by atoms with Crippen molar-refractivity contribution in [2.24, 2.45) is 39.4 Å². The minimum Gasteiger partial charge on any atom is -0.392 e. The highest BCUT2D eigenvalue weighted by atomic mass is 16.7. The summed E-state index contributed by atoms with van der Waals surface area (Å²) in [5.41, 5.74) is 33.0. The number of aromatic nitrogens is 2. The zero-order valence-corrected chi connectivity index (χ0v) is 23.9.